The maximum atomic E-state index is 12.0. The van der Waals surface area contributed by atoms with Gasteiger partial charge in [0.2, 0.25) is 0 Å². The fourth-order valence-electron chi connectivity index (χ4n) is 2.78. The van der Waals surface area contributed by atoms with Gasteiger partial charge in [-0.05, 0) is 25.0 Å². The van der Waals surface area contributed by atoms with E-state index < -0.39 is 11.8 Å². The number of anilines is 1. The molecule has 0 saturated heterocycles. The molecule has 6 heteroatoms. The Hall–Kier alpha value is -2.24. The maximum Gasteiger partial charge on any atom is 0.313 e. The predicted molar refractivity (Wildman–Crippen MR) is 87.8 cm³/mol. The highest BCUT2D eigenvalue weighted by molar-refractivity contribution is 6.39. The molecule has 0 aromatic heterocycles. The van der Waals surface area contributed by atoms with E-state index in [4.69, 9.17) is 9.47 Å². The lowest BCUT2D eigenvalue weighted by Gasteiger charge is -2.16. The highest BCUT2D eigenvalue weighted by Gasteiger charge is 2.20. The topological polar surface area (TPSA) is 76.7 Å². The van der Waals surface area contributed by atoms with Gasteiger partial charge < -0.3 is 20.1 Å². The van der Waals surface area contributed by atoms with Gasteiger partial charge in [0.05, 0.1) is 14.2 Å². The number of carbonyl (C=O) groups is 2. The van der Waals surface area contributed by atoms with E-state index in [0.29, 0.717) is 17.2 Å². The molecule has 1 aromatic carbocycles. The van der Waals surface area contributed by atoms with Crippen molar-refractivity contribution in [2.45, 2.75) is 44.6 Å². The molecule has 2 N–H and O–H groups in total. The van der Waals surface area contributed by atoms with Crippen molar-refractivity contribution in [2.75, 3.05) is 19.5 Å². The zero-order valence-corrected chi connectivity index (χ0v) is 13.7. The molecular weight excluding hydrogens is 296 g/mol. The van der Waals surface area contributed by atoms with Crippen LogP contribution in [0.4, 0.5) is 5.69 Å². The third kappa shape index (κ3) is 4.87. The number of nitrogens with one attached hydrogen (secondary N) is 2. The Morgan fingerprint density at radius 1 is 0.957 bits per heavy atom. The van der Waals surface area contributed by atoms with Crippen molar-refractivity contribution in [2.24, 2.45) is 0 Å². The second kappa shape index (κ2) is 8.41. The highest BCUT2D eigenvalue weighted by atomic mass is 16.5. The summed E-state index contributed by atoms with van der Waals surface area (Å²) in [6.07, 6.45) is 6.48. The fourth-order valence-corrected chi connectivity index (χ4v) is 2.78. The van der Waals surface area contributed by atoms with Crippen LogP contribution < -0.4 is 20.1 Å². The summed E-state index contributed by atoms with van der Waals surface area (Å²) in [5.74, 6) is -0.198. The Morgan fingerprint density at radius 3 is 2.22 bits per heavy atom. The van der Waals surface area contributed by atoms with E-state index in [0.717, 1.165) is 25.7 Å². The summed E-state index contributed by atoms with van der Waals surface area (Å²) in [5.41, 5.74) is 0.490. The van der Waals surface area contributed by atoms with Gasteiger partial charge in [0.15, 0.2) is 11.5 Å². The highest BCUT2D eigenvalue weighted by Crippen LogP contribution is 2.29. The van der Waals surface area contributed by atoms with Crippen LogP contribution in [0.3, 0.4) is 0 Å². The van der Waals surface area contributed by atoms with Crippen LogP contribution in [0, 0.1) is 0 Å². The van der Waals surface area contributed by atoms with Crippen molar-refractivity contribution in [1.29, 1.82) is 0 Å². The van der Waals surface area contributed by atoms with E-state index in [-0.39, 0.29) is 6.04 Å². The van der Waals surface area contributed by atoms with Crippen LogP contribution in [-0.2, 0) is 9.59 Å². The van der Waals surface area contributed by atoms with Gasteiger partial charge in [-0.2, -0.15) is 0 Å². The second-order valence-electron chi connectivity index (χ2n) is 5.69. The molecule has 6 nitrogen and oxygen atoms in total. The van der Waals surface area contributed by atoms with Crippen molar-refractivity contribution >= 4 is 17.5 Å². The fraction of sp³-hybridized carbons (Fsp3) is 0.529. The van der Waals surface area contributed by atoms with Crippen LogP contribution in [-0.4, -0.2) is 32.1 Å². The molecule has 0 radical (unpaired) electrons. The largest absolute Gasteiger partial charge is 0.493 e. The lowest BCUT2D eigenvalue weighted by atomic mass is 10.1. The summed E-state index contributed by atoms with van der Waals surface area (Å²) < 4.78 is 10.3. The van der Waals surface area contributed by atoms with Crippen molar-refractivity contribution < 1.29 is 19.1 Å². The van der Waals surface area contributed by atoms with E-state index in [1.807, 2.05) is 0 Å². The summed E-state index contributed by atoms with van der Waals surface area (Å²) >= 11 is 0. The van der Waals surface area contributed by atoms with Crippen molar-refractivity contribution in [3.05, 3.63) is 18.2 Å². The molecule has 0 aliphatic heterocycles. The summed E-state index contributed by atoms with van der Waals surface area (Å²) in [7, 11) is 3.05. The minimum atomic E-state index is -0.665. The van der Waals surface area contributed by atoms with Gasteiger partial charge in [0, 0.05) is 17.8 Å². The number of rotatable bonds is 4. The normalized spacial score (nSPS) is 15.4. The number of hydrogen-bond acceptors (Lipinski definition) is 4. The van der Waals surface area contributed by atoms with Crippen molar-refractivity contribution in [3.63, 3.8) is 0 Å². The molecule has 23 heavy (non-hydrogen) atoms. The van der Waals surface area contributed by atoms with Gasteiger partial charge in [0.25, 0.3) is 0 Å². The van der Waals surface area contributed by atoms with Crippen LogP contribution in [0.15, 0.2) is 18.2 Å². The molecule has 1 aliphatic rings. The Kier molecular flexibility index (Phi) is 6.26. The SMILES string of the molecule is COc1ccc(NC(=O)C(=O)NC2CCCCCC2)cc1OC. The first kappa shape index (κ1) is 17.1. The Morgan fingerprint density at radius 2 is 1.61 bits per heavy atom. The summed E-state index contributed by atoms with van der Waals surface area (Å²) in [5, 5.41) is 5.41. The molecule has 2 amide bonds. The number of hydrogen-bond donors (Lipinski definition) is 2. The molecule has 0 heterocycles. The molecule has 126 valence electrons. The molecule has 0 atom stereocenters. The van der Waals surface area contributed by atoms with Crippen LogP contribution in [0.1, 0.15) is 38.5 Å². The first-order chi connectivity index (χ1) is 11.1. The van der Waals surface area contributed by atoms with E-state index in [2.05, 4.69) is 10.6 Å². The molecule has 1 aliphatic carbocycles. The van der Waals surface area contributed by atoms with Gasteiger partial charge in [0.1, 0.15) is 0 Å². The lowest BCUT2D eigenvalue weighted by molar-refractivity contribution is -0.136. The average Bonchev–Trinajstić information content (AvgIpc) is 2.83. The van der Waals surface area contributed by atoms with Crippen molar-refractivity contribution in [3.8, 4) is 11.5 Å². The zero-order chi connectivity index (χ0) is 16.7. The molecule has 1 saturated carbocycles. The third-order valence-electron chi connectivity index (χ3n) is 4.04. The molecule has 2 rings (SSSR count). The first-order valence-electron chi connectivity index (χ1n) is 7.98. The van der Waals surface area contributed by atoms with Gasteiger partial charge >= 0.3 is 11.8 Å². The maximum absolute atomic E-state index is 12.0. The number of amides is 2. The summed E-state index contributed by atoms with van der Waals surface area (Å²) in [6.45, 7) is 0. The van der Waals surface area contributed by atoms with Gasteiger partial charge in [-0.25, -0.2) is 0 Å². The average molecular weight is 320 g/mol. The minimum Gasteiger partial charge on any atom is -0.493 e. The predicted octanol–water partition coefficient (Wildman–Crippen LogP) is 2.48. The molecular formula is C17H24N2O4. The number of ether oxygens (including phenoxy) is 2. The zero-order valence-electron chi connectivity index (χ0n) is 13.7. The van der Waals surface area contributed by atoms with E-state index in [1.165, 1.54) is 27.1 Å². The smallest absolute Gasteiger partial charge is 0.313 e. The van der Waals surface area contributed by atoms with E-state index >= 15 is 0 Å². The van der Waals surface area contributed by atoms with E-state index in [9.17, 15) is 9.59 Å². The number of benzene rings is 1. The van der Waals surface area contributed by atoms with Gasteiger partial charge in [-0.1, -0.05) is 25.7 Å². The van der Waals surface area contributed by atoms with E-state index in [1.54, 1.807) is 18.2 Å². The molecule has 1 fully saturated rings. The second-order valence-corrected chi connectivity index (χ2v) is 5.69. The molecule has 0 bridgehead atoms. The Bertz CT molecular complexity index is 552. The van der Waals surface area contributed by atoms with Gasteiger partial charge in [-0.3, -0.25) is 9.59 Å². The quantitative estimate of drug-likeness (QED) is 0.660. The summed E-state index contributed by atoms with van der Waals surface area (Å²) in [4.78, 5) is 24.1. The van der Waals surface area contributed by atoms with Crippen LogP contribution in [0.2, 0.25) is 0 Å². The molecule has 0 spiro atoms. The number of methoxy groups -OCH3 is 2. The third-order valence-corrected chi connectivity index (χ3v) is 4.04. The summed E-state index contributed by atoms with van der Waals surface area (Å²) in [6, 6.07) is 5.06. The van der Waals surface area contributed by atoms with Crippen LogP contribution >= 0.6 is 0 Å². The Labute approximate surface area is 136 Å². The first-order valence-corrected chi connectivity index (χ1v) is 7.98. The molecule has 1 aromatic rings. The van der Waals surface area contributed by atoms with Crippen LogP contribution in [0.25, 0.3) is 0 Å². The number of carbonyl (C=O) groups excluding carboxylic acids is 2. The molecule has 0 unspecified atom stereocenters. The lowest BCUT2D eigenvalue weighted by Crippen LogP contribution is -2.41. The van der Waals surface area contributed by atoms with Gasteiger partial charge in [-0.15, -0.1) is 0 Å². The van der Waals surface area contributed by atoms with Crippen molar-refractivity contribution in [1.82, 2.24) is 5.32 Å². The minimum absolute atomic E-state index is 0.0983. The standard InChI is InChI=1S/C17H24N2O4/c1-22-14-10-9-13(11-15(14)23-2)19-17(21)16(20)18-12-7-5-3-4-6-8-12/h9-12H,3-8H2,1-2H3,(H,18,20)(H,19,21). The Balaban J connectivity index is 1.93. The van der Waals surface area contributed by atoms with Crippen LogP contribution in [0.5, 0.6) is 11.5 Å². The monoisotopic (exact) mass is 320 g/mol.